The van der Waals surface area contributed by atoms with Crippen LogP contribution in [0, 0.1) is 5.82 Å². The van der Waals surface area contributed by atoms with E-state index in [1.54, 1.807) is 6.07 Å². The fourth-order valence-electron chi connectivity index (χ4n) is 2.34. The molecule has 120 valence electrons. The van der Waals surface area contributed by atoms with E-state index in [1.807, 2.05) is 0 Å². The zero-order chi connectivity index (χ0) is 15.7. The first-order valence-corrected chi connectivity index (χ1v) is 8.03. The molecule has 1 unspecified atom stereocenters. The SMILES string of the molecule is CCCCN(CCCC)CCC(O)c1ccc(F)c(N)c1. The molecular formula is C17H29FN2O. The van der Waals surface area contributed by atoms with Crippen LogP contribution >= 0.6 is 0 Å². The third kappa shape index (κ3) is 6.44. The molecule has 0 aliphatic heterocycles. The van der Waals surface area contributed by atoms with Gasteiger partial charge in [0.1, 0.15) is 5.82 Å². The first-order valence-electron chi connectivity index (χ1n) is 8.03. The fourth-order valence-corrected chi connectivity index (χ4v) is 2.34. The van der Waals surface area contributed by atoms with E-state index in [1.165, 1.54) is 37.8 Å². The standard InChI is InChI=1S/C17H29FN2O/c1-3-5-10-20(11-6-4-2)12-9-17(21)14-7-8-15(18)16(19)13-14/h7-8,13,17,21H,3-6,9-12,19H2,1-2H3. The third-order valence-corrected chi connectivity index (χ3v) is 3.78. The monoisotopic (exact) mass is 296 g/mol. The van der Waals surface area contributed by atoms with Gasteiger partial charge in [0.15, 0.2) is 0 Å². The largest absolute Gasteiger partial charge is 0.396 e. The summed E-state index contributed by atoms with van der Waals surface area (Å²) in [5, 5.41) is 10.2. The number of hydrogen-bond acceptors (Lipinski definition) is 3. The number of halogens is 1. The van der Waals surface area contributed by atoms with E-state index in [0.717, 1.165) is 19.6 Å². The van der Waals surface area contributed by atoms with Gasteiger partial charge >= 0.3 is 0 Å². The molecule has 0 radical (unpaired) electrons. The number of nitrogens with two attached hydrogens (primary N) is 1. The Bertz CT molecular complexity index is 404. The number of nitrogen functional groups attached to an aromatic ring is 1. The van der Waals surface area contributed by atoms with E-state index >= 15 is 0 Å². The molecule has 0 saturated heterocycles. The van der Waals surface area contributed by atoms with E-state index in [2.05, 4.69) is 18.7 Å². The van der Waals surface area contributed by atoms with Crippen molar-refractivity contribution < 1.29 is 9.50 Å². The average molecular weight is 296 g/mol. The Hall–Kier alpha value is -1.13. The molecule has 1 aromatic carbocycles. The number of aliphatic hydroxyl groups excluding tert-OH is 1. The molecule has 21 heavy (non-hydrogen) atoms. The summed E-state index contributed by atoms with van der Waals surface area (Å²) in [6, 6.07) is 4.46. The number of nitrogens with zero attached hydrogens (tertiary/aromatic N) is 1. The van der Waals surface area contributed by atoms with Crippen molar-refractivity contribution in [2.75, 3.05) is 25.4 Å². The van der Waals surface area contributed by atoms with Crippen molar-refractivity contribution in [3.8, 4) is 0 Å². The van der Waals surface area contributed by atoms with Gasteiger partial charge in [0.05, 0.1) is 11.8 Å². The van der Waals surface area contributed by atoms with E-state index in [0.29, 0.717) is 12.0 Å². The highest BCUT2D eigenvalue weighted by Crippen LogP contribution is 2.21. The molecule has 0 fully saturated rings. The summed E-state index contributed by atoms with van der Waals surface area (Å²) in [5.41, 5.74) is 6.34. The summed E-state index contributed by atoms with van der Waals surface area (Å²) in [7, 11) is 0. The summed E-state index contributed by atoms with van der Waals surface area (Å²) in [5.74, 6) is -0.432. The summed E-state index contributed by atoms with van der Waals surface area (Å²) in [6.07, 6.45) is 4.79. The van der Waals surface area contributed by atoms with Gasteiger partial charge in [0, 0.05) is 6.54 Å². The van der Waals surface area contributed by atoms with Crippen molar-refractivity contribution in [2.24, 2.45) is 0 Å². The smallest absolute Gasteiger partial charge is 0.146 e. The Morgan fingerprint density at radius 2 is 1.76 bits per heavy atom. The molecule has 0 aromatic heterocycles. The minimum absolute atomic E-state index is 0.0976. The van der Waals surface area contributed by atoms with E-state index in [9.17, 15) is 9.50 Å². The zero-order valence-corrected chi connectivity index (χ0v) is 13.3. The quantitative estimate of drug-likeness (QED) is 0.647. The highest BCUT2D eigenvalue weighted by atomic mass is 19.1. The Labute approximate surface area is 128 Å². The Balaban J connectivity index is 2.50. The predicted octanol–water partition coefficient (Wildman–Crippen LogP) is 3.73. The second-order valence-electron chi connectivity index (χ2n) is 5.63. The topological polar surface area (TPSA) is 49.5 Å². The molecule has 0 spiro atoms. The summed E-state index contributed by atoms with van der Waals surface area (Å²) in [4.78, 5) is 2.41. The van der Waals surface area contributed by atoms with E-state index < -0.39 is 11.9 Å². The average Bonchev–Trinajstić information content (AvgIpc) is 2.49. The summed E-state index contributed by atoms with van der Waals surface area (Å²) < 4.78 is 13.1. The number of aliphatic hydroxyl groups is 1. The van der Waals surface area contributed by atoms with E-state index in [4.69, 9.17) is 5.73 Å². The molecule has 0 saturated carbocycles. The molecule has 0 bridgehead atoms. The molecular weight excluding hydrogens is 267 g/mol. The summed E-state index contributed by atoms with van der Waals surface area (Å²) in [6.45, 7) is 7.39. The second-order valence-corrected chi connectivity index (χ2v) is 5.63. The third-order valence-electron chi connectivity index (χ3n) is 3.78. The lowest BCUT2D eigenvalue weighted by atomic mass is 10.1. The van der Waals surface area contributed by atoms with Gasteiger partial charge < -0.3 is 15.7 Å². The van der Waals surface area contributed by atoms with Gasteiger partial charge in [0.25, 0.3) is 0 Å². The number of unbranched alkanes of at least 4 members (excludes halogenated alkanes) is 2. The molecule has 0 aliphatic carbocycles. The van der Waals surface area contributed by atoms with Crippen molar-refractivity contribution >= 4 is 5.69 Å². The van der Waals surface area contributed by atoms with Crippen molar-refractivity contribution in [1.29, 1.82) is 0 Å². The molecule has 1 aromatic rings. The van der Waals surface area contributed by atoms with Crippen LogP contribution in [0.2, 0.25) is 0 Å². The first kappa shape index (κ1) is 17.9. The van der Waals surface area contributed by atoms with Crippen LogP contribution in [0.4, 0.5) is 10.1 Å². The predicted molar refractivity (Wildman–Crippen MR) is 86.6 cm³/mol. The molecule has 4 heteroatoms. The first-order chi connectivity index (χ1) is 10.1. The molecule has 3 nitrogen and oxygen atoms in total. The van der Waals surface area contributed by atoms with Crippen LogP contribution in [0.5, 0.6) is 0 Å². The molecule has 0 amide bonds. The van der Waals surface area contributed by atoms with Gasteiger partial charge in [-0.1, -0.05) is 32.8 Å². The lowest BCUT2D eigenvalue weighted by Crippen LogP contribution is -2.28. The van der Waals surface area contributed by atoms with Crippen molar-refractivity contribution in [3.05, 3.63) is 29.6 Å². The number of anilines is 1. The van der Waals surface area contributed by atoms with Crippen LogP contribution < -0.4 is 5.73 Å². The Morgan fingerprint density at radius 1 is 1.14 bits per heavy atom. The van der Waals surface area contributed by atoms with Gasteiger partial charge in [0.2, 0.25) is 0 Å². The minimum atomic E-state index is -0.585. The highest BCUT2D eigenvalue weighted by molar-refractivity contribution is 5.43. The maximum Gasteiger partial charge on any atom is 0.146 e. The van der Waals surface area contributed by atoms with Gasteiger partial charge in [-0.3, -0.25) is 0 Å². The maximum atomic E-state index is 13.1. The molecule has 0 heterocycles. The van der Waals surface area contributed by atoms with Crippen molar-refractivity contribution in [3.63, 3.8) is 0 Å². The fraction of sp³-hybridized carbons (Fsp3) is 0.647. The minimum Gasteiger partial charge on any atom is -0.396 e. The van der Waals surface area contributed by atoms with Crippen LogP contribution in [0.3, 0.4) is 0 Å². The van der Waals surface area contributed by atoms with Crippen LogP contribution in [-0.4, -0.2) is 29.6 Å². The maximum absolute atomic E-state index is 13.1. The molecule has 3 N–H and O–H groups in total. The molecule has 1 rings (SSSR count). The normalized spacial score (nSPS) is 12.8. The Kier molecular flexibility index (Phi) is 8.31. The zero-order valence-electron chi connectivity index (χ0n) is 13.3. The van der Waals surface area contributed by atoms with Crippen molar-refractivity contribution in [1.82, 2.24) is 4.90 Å². The number of benzene rings is 1. The summed E-state index contributed by atoms with van der Waals surface area (Å²) >= 11 is 0. The second kappa shape index (κ2) is 9.74. The van der Waals surface area contributed by atoms with Gasteiger partial charge in [-0.15, -0.1) is 0 Å². The van der Waals surface area contributed by atoms with Gasteiger partial charge in [-0.25, -0.2) is 4.39 Å². The van der Waals surface area contributed by atoms with Crippen molar-refractivity contribution in [2.45, 2.75) is 52.1 Å². The van der Waals surface area contributed by atoms with Crippen LogP contribution in [0.1, 0.15) is 57.6 Å². The van der Waals surface area contributed by atoms with Crippen LogP contribution in [0.15, 0.2) is 18.2 Å². The van der Waals surface area contributed by atoms with Crippen LogP contribution in [0.25, 0.3) is 0 Å². The lowest BCUT2D eigenvalue weighted by Gasteiger charge is -2.23. The van der Waals surface area contributed by atoms with Crippen LogP contribution in [-0.2, 0) is 0 Å². The highest BCUT2D eigenvalue weighted by Gasteiger charge is 2.12. The lowest BCUT2D eigenvalue weighted by molar-refractivity contribution is 0.140. The number of hydrogen-bond donors (Lipinski definition) is 2. The van der Waals surface area contributed by atoms with Gasteiger partial charge in [-0.05, 0) is 50.0 Å². The van der Waals surface area contributed by atoms with Gasteiger partial charge in [-0.2, -0.15) is 0 Å². The molecule has 1 atom stereocenters. The Morgan fingerprint density at radius 3 is 2.29 bits per heavy atom. The van der Waals surface area contributed by atoms with E-state index in [-0.39, 0.29) is 5.69 Å². The number of rotatable bonds is 10. The molecule has 0 aliphatic rings.